The molecule has 0 fully saturated rings. The number of carbonyl (C=O) groups excluding carboxylic acids is 1. The van der Waals surface area contributed by atoms with Crippen molar-refractivity contribution in [3.8, 4) is 0 Å². The molecule has 1 aromatic carbocycles. The molecule has 0 bridgehead atoms. The van der Waals surface area contributed by atoms with Crippen LogP contribution in [0.3, 0.4) is 0 Å². The van der Waals surface area contributed by atoms with E-state index in [4.69, 9.17) is 0 Å². The Bertz CT molecular complexity index is 655. The number of carbonyl (C=O) groups is 1. The lowest BCUT2D eigenvalue weighted by Crippen LogP contribution is -2.39. The first-order valence-corrected chi connectivity index (χ1v) is 7.80. The molecule has 1 aromatic heterocycles. The minimum absolute atomic E-state index is 0.0766. The van der Waals surface area contributed by atoms with Gasteiger partial charge < -0.3 is 10.4 Å². The van der Waals surface area contributed by atoms with Crippen molar-refractivity contribution in [1.82, 2.24) is 10.3 Å². The number of aryl methyl sites for hydroxylation is 1. The summed E-state index contributed by atoms with van der Waals surface area (Å²) >= 11 is 0. The molecule has 0 unspecified atom stereocenters. The predicted octanol–water partition coefficient (Wildman–Crippen LogP) is 3.07. The fourth-order valence-corrected chi connectivity index (χ4v) is 2.57. The van der Waals surface area contributed by atoms with Crippen LogP contribution in [0.25, 0.3) is 10.9 Å². The molecule has 0 radical (unpaired) electrons. The van der Waals surface area contributed by atoms with Crippen LogP contribution in [0.1, 0.15) is 42.7 Å². The number of para-hydroxylation sites is 1. The molecule has 4 nitrogen and oxygen atoms in total. The van der Waals surface area contributed by atoms with E-state index in [9.17, 15) is 9.90 Å². The number of aliphatic hydroxyl groups excluding tert-OH is 1. The van der Waals surface area contributed by atoms with E-state index in [1.165, 1.54) is 0 Å². The third-order valence-corrected chi connectivity index (χ3v) is 4.56. The summed E-state index contributed by atoms with van der Waals surface area (Å²) in [5.41, 5.74) is 1.95. The highest BCUT2D eigenvalue weighted by molar-refractivity contribution is 6.05. The monoisotopic (exact) mass is 300 g/mol. The van der Waals surface area contributed by atoms with Gasteiger partial charge in [0.2, 0.25) is 0 Å². The maximum atomic E-state index is 12.5. The summed E-state index contributed by atoms with van der Waals surface area (Å²) in [7, 11) is 0. The van der Waals surface area contributed by atoms with Crippen LogP contribution in [0.4, 0.5) is 0 Å². The molecule has 118 valence electrons. The predicted molar refractivity (Wildman–Crippen MR) is 88.9 cm³/mol. The number of benzene rings is 1. The molecule has 0 aliphatic heterocycles. The third-order valence-electron chi connectivity index (χ3n) is 4.56. The number of amides is 1. The number of rotatable bonds is 6. The molecule has 0 atom stereocenters. The van der Waals surface area contributed by atoms with Crippen molar-refractivity contribution in [3.05, 3.63) is 41.6 Å². The Morgan fingerprint density at radius 2 is 1.95 bits per heavy atom. The van der Waals surface area contributed by atoms with Gasteiger partial charge in [0.05, 0.1) is 17.7 Å². The molecular formula is C18H24N2O2. The first kappa shape index (κ1) is 16.4. The first-order valence-electron chi connectivity index (χ1n) is 7.80. The highest BCUT2D eigenvalue weighted by Crippen LogP contribution is 2.25. The van der Waals surface area contributed by atoms with Gasteiger partial charge in [0.15, 0.2) is 0 Å². The Labute approximate surface area is 131 Å². The zero-order valence-corrected chi connectivity index (χ0v) is 13.5. The van der Waals surface area contributed by atoms with Gasteiger partial charge in [0, 0.05) is 23.0 Å². The fraction of sp³-hybridized carbons (Fsp3) is 0.444. The topological polar surface area (TPSA) is 62.2 Å². The van der Waals surface area contributed by atoms with Gasteiger partial charge in [0.25, 0.3) is 5.91 Å². The van der Waals surface area contributed by atoms with Gasteiger partial charge in [-0.1, -0.05) is 32.0 Å². The van der Waals surface area contributed by atoms with Crippen molar-refractivity contribution in [2.45, 2.75) is 33.6 Å². The standard InChI is InChI=1S/C18H24N2O2/c1-4-18(5-2,12-21)11-19-17(22)15-8-6-7-14-10-9-13(3)20-16(14)15/h6-10,21H,4-5,11-12H2,1-3H3,(H,19,22). The highest BCUT2D eigenvalue weighted by Gasteiger charge is 2.26. The Hall–Kier alpha value is -1.94. The second kappa shape index (κ2) is 6.88. The number of aromatic nitrogens is 1. The Morgan fingerprint density at radius 1 is 1.23 bits per heavy atom. The number of pyridine rings is 1. The maximum absolute atomic E-state index is 12.5. The summed E-state index contributed by atoms with van der Waals surface area (Å²) in [5.74, 6) is -0.136. The molecule has 2 rings (SSSR count). The summed E-state index contributed by atoms with van der Waals surface area (Å²) in [4.78, 5) is 17.0. The molecule has 2 aromatic rings. The van der Waals surface area contributed by atoms with Gasteiger partial charge in [0.1, 0.15) is 0 Å². The molecule has 4 heteroatoms. The third kappa shape index (κ3) is 3.28. The molecule has 0 aliphatic rings. The molecule has 0 saturated carbocycles. The van der Waals surface area contributed by atoms with E-state index in [1.807, 2.05) is 45.0 Å². The fourth-order valence-electron chi connectivity index (χ4n) is 2.57. The first-order chi connectivity index (χ1) is 10.5. The number of aliphatic hydroxyl groups is 1. The van der Waals surface area contributed by atoms with Gasteiger partial charge in [-0.2, -0.15) is 0 Å². The van der Waals surface area contributed by atoms with Crippen molar-refractivity contribution in [2.24, 2.45) is 5.41 Å². The lowest BCUT2D eigenvalue weighted by Gasteiger charge is -2.29. The number of nitrogens with zero attached hydrogens (tertiary/aromatic N) is 1. The highest BCUT2D eigenvalue weighted by atomic mass is 16.3. The van der Waals surface area contributed by atoms with Crippen LogP contribution >= 0.6 is 0 Å². The van der Waals surface area contributed by atoms with Crippen LogP contribution in [0, 0.1) is 12.3 Å². The van der Waals surface area contributed by atoms with Crippen molar-refractivity contribution in [1.29, 1.82) is 0 Å². The Balaban J connectivity index is 2.25. The number of hydrogen-bond donors (Lipinski definition) is 2. The lowest BCUT2D eigenvalue weighted by atomic mass is 9.83. The number of hydrogen-bond acceptors (Lipinski definition) is 3. The van der Waals surface area contributed by atoms with Gasteiger partial charge in [-0.3, -0.25) is 9.78 Å². The van der Waals surface area contributed by atoms with Gasteiger partial charge in [-0.15, -0.1) is 0 Å². The summed E-state index contributed by atoms with van der Waals surface area (Å²) in [5, 5.41) is 13.5. The molecule has 22 heavy (non-hydrogen) atoms. The molecule has 0 spiro atoms. The van der Waals surface area contributed by atoms with E-state index in [1.54, 1.807) is 6.07 Å². The molecule has 1 amide bonds. The zero-order valence-electron chi connectivity index (χ0n) is 13.5. The van der Waals surface area contributed by atoms with Gasteiger partial charge >= 0.3 is 0 Å². The average Bonchev–Trinajstić information content (AvgIpc) is 2.55. The van der Waals surface area contributed by atoms with E-state index in [2.05, 4.69) is 10.3 Å². The summed E-state index contributed by atoms with van der Waals surface area (Å²) in [6.45, 7) is 6.53. The van der Waals surface area contributed by atoms with Crippen molar-refractivity contribution in [3.63, 3.8) is 0 Å². The van der Waals surface area contributed by atoms with Crippen LogP contribution in [-0.4, -0.2) is 29.1 Å². The van der Waals surface area contributed by atoms with Crippen LogP contribution in [0.15, 0.2) is 30.3 Å². The molecule has 0 aliphatic carbocycles. The number of nitrogens with one attached hydrogen (secondary N) is 1. The second-order valence-electron chi connectivity index (χ2n) is 5.88. The molecule has 0 saturated heterocycles. The van der Waals surface area contributed by atoms with Crippen molar-refractivity contribution in [2.75, 3.05) is 13.2 Å². The van der Waals surface area contributed by atoms with E-state index in [0.717, 1.165) is 29.4 Å². The zero-order chi connectivity index (χ0) is 16.2. The normalized spacial score (nSPS) is 11.6. The smallest absolute Gasteiger partial charge is 0.253 e. The number of fused-ring (bicyclic) bond motifs is 1. The maximum Gasteiger partial charge on any atom is 0.253 e. The Kier molecular flexibility index (Phi) is 5.14. The minimum atomic E-state index is -0.246. The molecule has 1 heterocycles. The minimum Gasteiger partial charge on any atom is -0.396 e. The second-order valence-corrected chi connectivity index (χ2v) is 5.88. The van der Waals surface area contributed by atoms with Crippen LogP contribution in [0.2, 0.25) is 0 Å². The van der Waals surface area contributed by atoms with E-state index >= 15 is 0 Å². The van der Waals surface area contributed by atoms with Crippen molar-refractivity contribution >= 4 is 16.8 Å². The van der Waals surface area contributed by atoms with Crippen LogP contribution in [0.5, 0.6) is 0 Å². The average molecular weight is 300 g/mol. The molecular weight excluding hydrogens is 276 g/mol. The summed E-state index contributed by atoms with van der Waals surface area (Å²) < 4.78 is 0. The van der Waals surface area contributed by atoms with Crippen LogP contribution < -0.4 is 5.32 Å². The quantitative estimate of drug-likeness (QED) is 0.862. The SMILES string of the molecule is CCC(CC)(CO)CNC(=O)c1cccc2ccc(C)nc12. The van der Waals surface area contributed by atoms with E-state index < -0.39 is 0 Å². The van der Waals surface area contributed by atoms with E-state index in [-0.39, 0.29) is 17.9 Å². The molecule has 2 N–H and O–H groups in total. The van der Waals surface area contributed by atoms with Gasteiger partial charge in [-0.25, -0.2) is 0 Å². The largest absolute Gasteiger partial charge is 0.396 e. The van der Waals surface area contributed by atoms with Crippen molar-refractivity contribution < 1.29 is 9.90 Å². The Morgan fingerprint density at radius 3 is 2.59 bits per heavy atom. The van der Waals surface area contributed by atoms with Crippen LogP contribution in [-0.2, 0) is 0 Å². The summed E-state index contributed by atoms with van der Waals surface area (Å²) in [6, 6.07) is 9.53. The van der Waals surface area contributed by atoms with Gasteiger partial charge in [-0.05, 0) is 31.9 Å². The van der Waals surface area contributed by atoms with E-state index in [0.29, 0.717) is 12.1 Å². The lowest BCUT2D eigenvalue weighted by molar-refractivity contribution is 0.0852. The summed E-state index contributed by atoms with van der Waals surface area (Å²) in [6.07, 6.45) is 1.65.